The molecule has 30 heavy (non-hydrogen) atoms. The van der Waals surface area contributed by atoms with Crippen LogP contribution in [0.15, 0.2) is 51.0 Å². The largest absolute Gasteiger partial charge is 0.497 e. The molecule has 1 aliphatic rings. The average Bonchev–Trinajstić information content (AvgIpc) is 3.17. The van der Waals surface area contributed by atoms with Crippen molar-refractivity contribution in [1.82, 2.24) is 13.9 Å². The summed E-state index contributed by atoms with van der Waals surface area (Å²) in [4.78, 5) is 26.3. The average molecular weight is 430 g/mol. The second kappa shape index (κ2) is 7.21. The van der Waals surface area contributed by atoms with E-state index in [1.54, 1.807) is 24.4 Å². The van der Waals surface area contributed by atoms with Crippen molar-refractivity contribution in [1.29, 1.82) is 0 Å². The SMILES string of the molecule is COc1ccc2c(c1)S(=O)(=O)N/C(=c1\c(=O)c3cccn3n(CCC(C)C)c1=O)N2. The topological polar surface area (TPSA) is 111 Å². The maximum absolute atomic E-state index is 13.3. The van der Waals surface area contributed by atoms with Crippen LogP contribution in [-0.4, -0.2) is 24.7 Å². The van der Waals surface area contributed by atoms with Gasteiger partial charge in [0.2, 0.25) is 5.43 Å². The zero-order valence-corrected chi connectivity index (χ0v) is 17.6. The third-order valence-corrected chi connectivity index (χ3v) is 6.43. The highest BCUT2D eigenvalue weighted by atomic mass is 32.2. The molecule has 0 bridgehead atoms. The van der Waals surface area contributed by atoms with Crippen molar-refractivity contribution in [3.63, 3.8) is 0 Å². The van der Waals surface area contributed by atoms with Gasteiger partial charge < -0.3 is 10.1 Å². The first-order valence-electron chi connectivity index (χ1n) is 9.49. The molecule has 0 saturated carbocycles. The van der Waals surface area contributed by atoms with E-state index in [1.807, 2.05) is 13.8 Å². The number of benzene rings is 1. The molecule has 10 heteroatoms. The Labute approximate surface area is 172 Å². The molecule has 0 atom stereocenters. The van der Waals surface area contributed by atoms with Crippen LogP contribution in [0.25, 0.3) is 11.3 Å². The molecule has 1 aliphatic heterocycles. The van der Waals surface area contributed by atoms with Crippen LogP contribution in [0.2, 0.25) is 0 Å². The van der Waals surface area contributed by atoms with Crippen molar-refractivity contribution >= 4 is 27.0 Å². The first kappa shape index (κ1) is 20.0. The van der Waals surface area contributed by atoms with Crippen LogP contribution in [0.4, 0.5) is 5.69 Å². The molecule has 2 N–H and O–H groups in total. The number of anilines is 1. The van der Waals surface area contributed by atoms with E-state index < -0.39 is 21.0 Å². The molecule has 0 fully saturated rings. The number of hydrogen-bond acceptors (Lipinski definition) is 6. The number of rotatable bonds is 4. The second-order valence-corrected chi connectivity index (χ2v) is 9.17. The van der Waals surface area contributed by atoms with Gasteiger partial charge in [-0.15, -0.1) is 0 Å². The fourth-order valence-electron chi connectivity index (χ4n) is 3.44. The molecule has 1 aromatic carbocycles. The lowest BCUT2D eigenvalue weighted by atomic mass is 10.1. The van der Waals surface area contributed by atoms with E-state index in [9.17, 15) is 18.0 Å². The zero-order valence-electron chi connectivity index (χ0n) is 16.8. The van der Waals surface area contributed by atoms with Crippen LogP contribution in [0.3, 0.4) is 0 Å². The maximum atomic E-state index is 13.3. The number of nitrogens with zero attached hydrogens (tertiary/aromatic N) is 2. The summed E-state index contributed by atoms with van der Waals surface area (Å²) in [7, 11) is -2.57. The normalized spacial score (nSPS) is 16.8. The third kappa shape index (κ3) is 3.22. The highest BCUT2D eigenvalue weighted by molar-refractivity contribution is 7.90. The summed E-state index contributed by atoms with van der Waals surface area (Å²) in [5.74, 6) is 0.572. The van der Waals surface area contributed by atoms with Gasteiger partial charge in [-0.1, -0.05) is 13.8 Å². The number of hydrogen-bond donors (Lipinski definition) is 2. The quantitative estimate of drug-likeness (QED) is 0.631. The summed E-state index contributed by atoms with van der Waals surface area (Å²) in [6.07, 6.45) is 2.37. The minimum atomic E-state index is -4.01. The fraction of sp³-hybridized carbons (Fsp3) is 0.300. The lowest BCUT2D eigenvalue weighted by Crippen LogP contribution is -2.52. The molecule has 3 aromatic rings. The molecule has 0 spiro atoms. The van der Waals surface area contributed by atoms with E-state index in [1.165, 1.54) is 28.4 Å². The van der Waals surface area contributed by atoms with E-state index in [0.717, 1.165) is 6.42 Å². The Kier molecular flexibility index (Phi) is 4.81. The summed E-state index contributed by atoms with van der Waals surface area (Å²) in [6.45, 7) is 4.47. The molecular weight excluding hydrogens is 408 g/mol. The van der Waals surface area contributed by atoms with Crippen LogP contribution >= 0.6 is 0 Å². The number of aryl methyl sites for hydroxylation is 1. The maximum Gasteiger partial charge on any atom is 0.280 e. The lowest BCUT2D eigenvalue weighted by molar-refractivity contribution is 0.413. The Morgan fingerprint density at radius 1 is 1.17 bits per heavy atom. The van der Waals surface area contributed by atoms with E-state index in [-0.39, 0.29) is 21.6 Å². The number of sulfonamides is 1. The minimum Gasteiger partial charge on any atom is -0.497 e. The molecule has 0 amide bonds. The molecular formula is C20H22N4O5S. The Balaban J connectivity index is 2.01. The van der Waals surface area contributed by atoms with Gasteiger partial charge in [0.15, 0.2) is 0 Å². The first-order chi connectivity index (χ1) is 14.2. The van der Waals surface area contributed by atoms with Gasteiger partial charge in [-0.05, 0) is 36.6 Å². The first-order valence-corrected chi connectivity index (χ1v) is 11.0. The van der Waals surface area contributed by atoms with Gasteiger partial charge in [0.1, 0.15) is 27.2 Å². The number of fused-ring (bicyclic) bond motifs is 2. The predicted octanol–water partition coefficient (Wildman–Crippen LogP) is 0.704. The van der Waals surface area contributed by atoms with Crippen molar-refractivity contribution in [3.8, 4) is 5.75 Å². The van der Waals surface area contributed by atoms with Crippen LogP contribution < -0.4 is 31.0 Å². The molecule has 4 rings (SSSR count). The Morgan fingerprint density at radius 3 is 2.63 bits per heavy atom. The van der Waals surface area contributed by atoms with E-state index in [4.69, 9.17) is 4.74 Å². The smallest absolute Gasteiger partial charge is 0.280 e. The van der Waals surface area contributed by atoms with Crippen LogP contribution in [0.5, 0.6) is 5.75 Å². The van der Waals surface area contributed by atoms with Crippen molar-refractivity contribution in [2.24, 2.45) is 5.92 Å². The van der Waals surface area contributed by atoms with Crippen molar-refractivity contribution < 1.29 is 13.2 Å². The molecule has 9 nitrogen and oxygen atoms in total. The summed E-state index contributed by atoms with van der Waals surface area (Å²) < 4.78 is 36.1. The van der Waals surface area contributed by atoms with Crippen molar-refractivity contribution in [2.45, 2.75) is 31.7 Å². The molecule has 0 saturated heterocycles. The molecule has 0 aliphatic carbocycles. The molecule has 0 radical (unpaired) electrons. The van der Waals surface area contributed by atoms with E-state index in [2.05, 4.69) is 10.0 Å². The minimum absolute atomic E-state index is 0.0260. The standard InChI is InChI=1S/C20H22N4O5S/c1-12(2)8-10-24-20(26)17(18(25)15-5-4-9-23(15)24)19-21-14-7-6-13(29-3)11-16(14)30(27,28)22-19/h4-7,9,11-12,21-22H,8,10H2,1-3H3/b19-17+. The number of ether oxygens (including phenoxy) is 1. The molecule has 0 unspecified atom stereocenters. The Hall–Kier alpha value is -3.27. The molecule has 158 valence electrons. The lowest BCUT2D eigenvalue weighted by Gasteiger charge is -2.23. The predicted molar refractivity (Wildman–Crippen MR) is 113 cm³/mol. The van der Waals surface area contributed by atoms with Gasteiger partial charge in [-0.25, -0.2) is 13.1 Å². The number of methoxy groups -OCH3 is 1. The summed E-state index contributed by atoms with van der Waals surface area (Å²) in [5, 5.41) is 2.66. The van der Waals surface area contributed by atoms with Crippen LogP contribution in [0, 0.1) is 5.92 Å². The van der Waals surface area contributed by atoms with Gasteiger partial charge >= 0.3 is 0 Å². The number of nitrogens with one attached hydrogen (secondary N) is 2. The van der Waals surface area contributed by atoms with Crippen LogP contribution in [0.1, 0.15) is 20.3 Å². The van der Waals surface area contributed by atoms with Gasteiger partial charge in [0.05, 0.1) is 12.8 Å². The van der Waals surface area contributed by atoms with Gasteiger partial charge in [0, 0.05) is 18.8 Å². The molecule has 2 aromatic heterocycles. The summed E-state index contributed by atoms with van der Waals surface area (Å²) >= 11 is 0. The van der Waals surface area contributed by atoms with Gasteiger partial charge in [0.25, 0.3) is 15.6 Å². The third-order valence-electron chi connectivity index (χ3n) is 5.04. The highest BCUT2D eigenvalue weighted by Gasteiger charge is 2.28. The highest BCUT2D eigenvalue weighted by Crippen LogP contribution is 2.30. The number of aromatic nitrogens is 2. The van der Waals surface area contributed by atoms with E-state index in [0.29, 0.717) is 23.7 Å². The zero-order chi connectivity index (χ0) is 21.6. The summed E-state index contributed by atoms with van der Waals surface area (Å²) in [5.41, 5.74) is -0.561. The Bertz CT molecular complexity index is 1420. The Morgan fingerprint density at radius 2 is 1.93 bits per heavy atom. The summed E-state index contributed by atoms with van der Waals surface area (Å²) in [6, 6.07) is 7.78. The molecule has 3 heterocycles. The van der Waals surface area contributed by atoms with Gasteiger partial charge in [-0.2, -0.15) is 0 Å². The van der Waals surface area contributed by atoms with Gasteiger partial charge in [-0.3, -0.25) is 18.8 Å². The second-order valence-electron chi connectivity index (χ2n) is 7.52. The monoisotopic (exact) mass is 430 g/mol. The van der Waals surface area contributed by atoms with E-state index >= 15 is 0 Å². The van der Waals surface area contributed by atoms with Crippen LogP contribution in [-0.2, 0) is 16.6 Å². The van der Waals surface area contributed by atoms with Crippen molar-refractivity contribution in [2.75, 3.05) is 12.4 Å². The fourth-order valence-corrected chi connectivity index (χ4v) is 4.65. The van der Waals surface area contributed by atoms with Crippen molar-refractivity contribution in [3.05, 3.63) is 62.3 Å².